The molecule has 2 fully saturated rings. The maximum atomic E-state index is 13.8. The minimum atomic E-state index is -0.280. The van der Waals surface area contributed by atoms with Crippen LogP contribution in [0.25, 0.3) is 15.6 Å². The number of nitrogens with zero attached hydrogens (tertiary/aromatic N) is 8. The normalized spacial score (nSPS) is 19.2. The fourth-order valence-electron chi connectivity index (χ4n) is 6.61. The van der Waals surface area contributed by atoms with Crippen molar-refractivity contribution in [3.8, 4) is 0 Å². The van der Waals surface area contributed by atoms with Crippen LogP contribution < -0.4 is 9.80 Å². The van der Waals surface area contributed by atoms with Crippen molar-refractivity contribution >= 4 is 34.1 Å². The van der Waals surface area contributed by atoms with E-state index in [1.165, 1.54) is 28.1 Å². The number of fused-ring (bicyclic) bond motifs is 2. The molecule has 4 heterocycles. The fourth-order valence-corrected chi connectivity index (χ4v) is 6.61. The molecule has 0 unspecified atom stereocenters. The van der Waals surface area contributed by atoms with E-state index in [9.17, 15) is 9.59 Å². The van der Waals surface area contributed by atoms with E-state index in [0.717, 1.165) is 43.1 Å². The average molecular weight is 579 g/mol. The largest absolute Gasteiger partial charge is 0.365 e. The number of aromatic nitrogens is 2. The van der Waals surface area contributed by atoms with E-state index >= 15 is 0 Å². The second kappa shape index (κ2) is 12.0. The molecule has 0 aliphatic carbocycles. The van der Waals surface area contributed by atoms with Crippen molar-refractivity contribution in [2.75, 3.05) is 75.8 Å². The summed E-state index contributed by atoms with van der Waals surface area (Å²) in [5.41, 5.74) is 4.31. The molecule has 2 saturated heterocycles. The Bertz CT molecular complexity index is 1600. The van der Waals surface area contributed by atoms with Crippen molar-refractivity contribution in [1.82, 2.24) is 24.7 Å². The summed E-state index contributed by atoms with van der Waals surface area (Å²) in [4.78, 5) is 50.2. The third-order valence-electron chi connectivity index (χ3n) is 9.00. The quantitative estimate of drug-likeness (QED) is 0.340. The molecule has 0 bridgehead atoms. The van der Waals surface area contributed by atoms with Gasteiger partial charge in [0.1, 0.15) is 11.9 Å². The number of aryl methyl sites for hydroxylation is 1. The molecule has 10 nitrogen and oxygen atoms in total. The number of piperazine rings is 2. The van der Waals surface area contributed by atoms with Crippen LogP contribution in [0.5, 0.6) is 0 Å². The molecule has 0 saturated carbocycles. The first-order valence-corrected chi connectivity index (χ1v) is 15.0. The maximum absolute atomic E-state index is 13.8. The molecule has 6 rings (SSSR count). The molecule has 3 aliphatic rings. The lowest BCUT2D eigenvalue weighted by Crippen LogP contribution is -2.56. The molecular formula is C33H38N8O2. The Morgan fingerprint density at radius 3 is 2.53 bits per heavy atom. The van der Waals surface area contributed by atoms with Crippen molar-refractivity contribution in [2.24, 2.45) is 0 Å². The van der Waals surface area contributed by atoms with Gasteiger partial charge in [-0.15, -0.1) is 0 Å². The number of hydrogen-bond donors (Lipinski definition) is 0. The van der Waals surface area contributed by atoms with Crippen molar-refractivity contribution in [1.29, 1.82) is 0 Å². The van der Waals surface area contributed by atoms with Gasteiger partial charge in [-0.2, -0.15) is 0 Å². The molecule has 10 heteroatoms. The first kappa shape index (κ1) is 28.6. The number of hydrogen-bond acceptors (Lipinski definition) is 7. The Hall–Kier alpha value is -4.49. The number of benzene rings is 2. The predicted molar refractivity (Wildman–Crippen MR) is 168 cm³/mol. The van der Waals surface area contributed by atoms with Gasteiger partial charge in [0, 0.05) is 69.0 Å². The molecule has 3 aliphatic heterocycles. The van der Waals surface area contributed by atoms with Gasteiger partial charge in [-0.25, -0.2) is 16.5 Å². The highest BCUT2D eigenvalue weighted by Crippen LogP contribution is 2.35. The molecule has 222 valence electrons. The Labute approximate surface area is 253 Å². The van der Waals surface area contributed by atoms with Gasteiger partial charge in [0.15, 0.2) is 0 Å². The number of amides is 2. The Balaban J connectivity index is 1.38. The van der Waals surface area contributed by atoms with Crippen LogP contribution in [-0.4, -0.2) is 108 Å². The molecule has 0 spiro atoms. The molecule has 0 N–H and O–H groups in total. The summed E-state index contributed by atoms with van der Waals surface area (Å²) in [5, 5.41) is 2.44. The lowest BCUT2D eigenvalue weighted by molar-refractivity contribution is -0.128. The van der Waals surface area contributed by atoms with Crippen LogP contribution >= 0.6 is 0 Å². The summed E-state index contributed by atoms with van der Waals surface area (Å²) in [6.07, 6.45) is 2.05. The molecule has 1 atom stereocenters. The summed E-state index contributed by atoms with van der Waals surface area (Å²) in [6, 6.07) is 12.5. The van der Waals surface area contributed by atoms with E-state index in [1.807, 2.05) is 4.90 Å². The zero-order chi connectivity index (χ0) is 30.1. The van der Waals surface area contributed by atoms with Crippen LogP contribution in [0.15, 0.2) is 49.1 Å². The lowest BCUT2D eigenvalue weighted by Gasteiger charge is -2.41. The standard InChI is InChI=1S/C33H38N8O2/c1-5-29(42)41-19-18-40(21-25(41)20-34-3)32-26-12-13-39(28-11-7-10-24-9-6-8-23(2)30(24)28)22-27(26)35-31(36-32)33(43)38-16-14-37(4)15-17-38/h5-11,25H,1,12-22H2,2,4H3/t25-/m0/s1. The minimum absolute atomic E-state index is 0.145. The fraction of sp³-hybridized carbons (Fsp3) is 0.424. The summed E-state index contributed by atoms with van der Waals surface area (Å²) in [7, 11) is 2.06. The number of carbonyl (C=O) groups is 2. The Morgan fingerprint density at radius 2 is 1.79 bits per heavy atom. The van der Waals surface area contributed by atoms with Crippen LogP contribution in [0, 0.1) is 13.5 Å². The topological polar surface area (TPSA) is 80.5 Å². The van der Waals surface area contributed by atoms with E-state index < -0.39 is 0 Å². The molecule has 2 aromatic carbocycles. The molecule has 0 radical (unpaired) electrons. The number of carbonyl (C=O) groups excluding carboxylic acids is 2. The van der Waals surface area contributed by atoms with Gasteiger partial charge in [0.05, 0.1) is 12.2 Å². The van der Waals surface area contributed by atoms with Crippen molar-refractivity contribution in [3.63, 3.8) is 0 Å². The van der Waals surface area contributed by atoms with E-state index in [0.29, 0.717) is 39.3 Å². The van der Waals surface area contributed by atoms with Crippen molar-refractivity contribution in [3.05, 3.63) is 83.1 Å². The van der Waals surface area contributed by atoms with Crippen LogP contribution in [0.1, 0.15) is 27.4 Å². The maximum Gasteiger partial charge on any atom is 0.291 e. The van der Waals surface area contributed by atoms with E-state index in [1.54, 1.807) is 4.90 Å². The van der Waals surface area contributed by atoms with Crippen LogP contribution in [0.2, 0.25) is 0 Å². The lowest BCUT2D eigenvalue weighted by atomic mass is 9.99. The zero-order valence-electron chi connectivity index (χ0n) is 25.0. The highest BCUT2D eigenvalue weighted by atomic mass is 16.2. The second-order valence-electron chi connectivity index (χ2n) is 11.7. The third-order valence-corrected chi connectivity index (χ3v) is 9.00. The van der Waals surface area contributed by atoms with Crippen LogP contribution in [-0.2, 0) is 17.8 Å². The Morgan fingerprint density at radius 1 is 1.02 bits per heavy atom. The van der Waals surface area contributed by atoms with Gasteiger partial charge in [-0.05, 0) is 43.5 Å². The van der Waals surface area contributed by atoms with Gasteiger partial charge in [-0.1, -0.05) is 36.9 Å². The monoisotopic (exact) mass is 578 g/mol. The number of anilines is 2. The molecule has 3 aromatic rings. The minimum Gasteiger partial charge on any atom is -0.365 e. The van der Waals surface area contributed by atoms with Gasteiger partial charge in [0.2, 0.25) is 18.3 Å². The summed E-state index contributed by atoms with van der Waals surface area (Å²) in [5.74, 6) is 0.677. The first-order chi connectivity index (χ1) is 20.9. The van der Waals surface area contributed by atoms with Crippen LogP contribution in [0.4, 0.5) is 11.5 Å². The number of likely N-dealkylation sites (N-methyl/N-ethyl adjacent to an activating group) is 1. The van der Waals surface area contributed by atoms with Crippen molar-refractivity contribution in [2.45, 2.75) is 25.9 Å². The highest BCUT2D eigenvalue weighted by Gasteiger charge is 2.35. The molecule has 1 aromatic heterocycles. The highest BCUT2D eigenvalue weighted by molar-refractivity contribution is 5.97. The summed E-state index contributed by atoms with van der Waals surface area (Å²) >= 11 is 0. The zero-order valence-corrected chi connectivity index (χ0v) is 25.0. The molecule has 2 amide bonds. The van der Waals surface area contributed by atoms with Gasteiger partial charge in [0.25, 0.3) is 5.91 Å². The predicted octanol–water partition coefficient (Wildman–Crippen LogP) is 3.01. The Kier molecular flexibility index (Phi) is 8.00. The summed E-state index contributed by atoms with van der Waals surface area (Å²) < 4.78 is 0. The molecule has 43 heavy (non-hydrogen) atoms. The molecular weight excluding hydrogens is 540 g/mol. The average Bonchev–Trinajstić information content (AvgIpc) is 3.03. The first-order valence-electron chi connectivity index (χ1n) is 15.0. The third kappa shape index (κ3) is 5.53. The van der Waals surface area contributed by atoms with Gasteiger partial charge >= 0.3 is 0 Å². The second-order valence-corrected chi connectivity index (χ2v) is 11.7. The van der Waals surface area contributed by atoms with E-state index in [4.69, 9.17) is 16.5 Å². The van der Waals surface area contributed by atoms with E-state index in [-0.39, 0.29) is 30.2 Å². The van der Waals surface area contributed by atoms with Gasteiger partial charge in [-0.3, -0.25) is 9.59 Å². The van der Waals surface area contributed by atoms with Gasteiger partial charge < -0.3 is 29.3 Å². The smallest absolute Gasteiger partial charge is 0.291 e. The van der Waals surface area contributed by atoms with E-state index in [2.05, 4.69) is 76.5 Å². The van der Waals surface area contributed by atoms with Crippen LogP contribution in [0.3, 0.4) is 0 Å². The summed E-state index contributed by atoms with van der Waals surface area (Å²) in [6.45, 7) is 19.3. The number of rotatable bonds is 5. The van der Waals surface area contributed by atoms with Crippen molar-refractivity contribution < 1.29 is 9.59 Å². The SMILES string of the molecule is [C-]#[N+]C[C@H]1CN(c2nc(C(=O)N3CCN(C)CC3)nc3c2CCN(c2cccc4cccc(C)c24)C3)CCN1C(=O)C=C.